The Hall–Kier alpha value is -2.35. The highest BCUT2D eigenvalue weighted by Gasteiger charge is 2.36. The molecule has 2 aromatic rings. The quantitative estimate of drug-likeness (QED) is 0.860. The number of benzene rings is 2. The van der Waals surface area contributed by atoms with E-state index < -0.39 is 0 Å². The van der Waals surface area contributed by atoms with Crippen molar-refractivity contribution in [2.24, 2.45) is 11.0 Å². The molecule has 2 aliphatic rings. The number of nitrogens with zero attached hydrogens (tertiary/aromatic N) is 1. The van der Waals surface area contributed by atoms with Gasteiger partial charge < -0.3 is 5.43 Å². The fourth-order valence-corrected chi connectivity index (χ4v) is 3.59. The van der Waals surface area contributed by atoms with Gasteiger partial charge in [-0.15, -0.1) is 0 Å². The van der Waals surface area contributed by atoms with Crippen molar-refractivity contribution < 1.29 is 0 Å². The van der Waals surface area contributed by atoms with E-state index in [0.29, 0.717) is 12.0 Å². The topological polar surface area (TPSA) is 24.4 Å². The molecule has 1 fully saturated rings. The third-order valence-corrected chi connectivity index (χ3v) is 4.67. The highest BCUT2D eigenvalue weighted by Crippen LogP contribution is 2.39. The van der Waals surface area contributed by atoms with Crippen molar-refractivity contribution in [3.63, 3.8) is 0 Å². The van der Waals surface area contributed by atoms with Crippen LogP contribution < -0.4 is 5.43 Å². The van der Waals surface area contributed by atoms with Crippen LogP contribution in [0.3, 0.4) is 0 Å². The minimum absolute atomic E-state index is 0.329. The van der Waals surface area contributed by atoms with Crippen LogP contribution in [-0.4, -0.2) is 5.71 Å². The lowest BCUT2D eigenvalue weighted by Crippen LogP contribution is -2.25. The molecule has 1 heterocycles. The summed E-state index contributed by atoms with van der Waals surface area (Å²) >= 11 is 0. The van der Waals surface area contributed by atoms with Gasteiger partial charge in [-0.05, 0) is 42.0 Å². The maximum atomic E-state index is 4.69. The lowest BCUT2D eigenvalue weighted by Gasteiger charge is -2.26. The summed E-state index contributed by atoms with van der Waals surface area (Å²) in [6.45, 7) is 0. The van der Waals surface area contributed by atoms with Gasteiger partial charge in [0.05, 0.1) is 11.8 Å². The molecule has 0 saturated heterocycles. The Morgan fingerprint density at radius 3 is 2.45 bits per heavy atom. The molecule has 110 valence electrons. The Kier molecular flexibility index (Phi) is 3.51. The molecule has 2 heteroatoms. The molecule has 0 unspecified atom stereocenters. The fourth-order valence-electron chi connectivity index (χ4n) is 3.59. The Morgan fingerprint density at radius 1 is 0.955 bits per heavy atom. The fraction of sp³-hybridized carbons (Fsp3) is 0.250. The Labute approximate surface area is 131 Å². The van der Waals surface area contributed by atoms with Gasteiger partial charge in [-0.1, -0.05) is 60.7 Å². The van der Waals surface area contributed by atoms with Gasteiger partial charge in [0.1, 0.15) is 0 Å². The summed E-state index contributed by atoms with van der Waals surface area (Å²) < 4.78 is 0. The van der Waals surface area contributed by atoms with Crippen LogP contribution in [0.2, 0.25) is 0 Å². The van der Waals surface area contributed by atoms with Crippen LogP contribution in [0.15, 0.2) is 71.3 Å². The first kappa shape index (κ1) is 13.3. The summed E-state index contributed by atoms with van der Waals surface area (Å²) in [4.78, 5) is 0. The van der Waals surface area contributed by atoms with Gasteiger partial charge in [0.2, 0.25) is 0 Å². The molecule has 1 aliphatic carbocycles. The van der Waals surface area contributed by atoms with Gasteiger partial charge in [-0.2, -0.15) is 5.10 Å². The maximum Gasteiger partial charge on any atom is 0.0773 e. The third kappa shape index (κ3) is 2.45. The van der Waals surface area contributed by atoms with Gasteiger partial charge in [0.25, 0.3) is 0 Å². The van der Waals surface area contributed by atoms with Crippen molar-refractivity contribution in [2.45, 2.75) is 25.3 Å². The zero-order valence-corrected chi connectivity index (χ0v) is 12.6. The zero-order valence-electron chi connectivity index (χ0n) is 12.6. The molecule has 2 atom stereocenters. The lowest BCUT2D eigenvalue weighted by atomic mass is 9.78. The summed E-state index contributed by atoms with van der Waals surface area (Å²) in [5, 5.41) is 4.69. The standard InChI is InChI=1S/C20H20N2/c1-3-8-15(9-4-1)14-17-12-7-13-18-19(21-22-20(17)18)16-10-5-2-6-11-16/h1-6,8-11,14,18-19,21H,7,12-13H2/b17-14+/t18-,19-/m1/s1. The first-order valence-corrected chi connectivity index (χ1v) is 8.06. The molecule has 0 bridgehead atoms. The average Bonchev–Trinajstić information content (AvgIpc) is 3.02. The van der Waals surface area contributed by atoms with E-state index in [2.05, 4.69) is 72.2 Å². The molecule has 0 amide bonds. The molecule has 1 saturated carbocycles. The van der Waals surface area contributed by atoms with E-state index in [4.69, 9.17) is 5.10 Å². The van der Waals surface area contributed by atoms with E-state index in [-0.39, 0.29) is 0 Å². The van der Waals surface area contributed by atoms with Gasteiger partial charge >= 0.3 is 0 Å². The Bertz CT molecular complexity index is 701. The van der Waals surface area contributed by atoms with Crippen LogP contribution in [0.25, 0.3) is 6.08 Å². The Balaban J connectivity index is 1.63. The number of hydrazone groups is 1. The van der Waals surface area contributed by atoms with Crippen LogP contribution >= 0.6 is 0 Å². The molecule has 2 nitrogen and oxygen atoms in total. The van der Waals surface area contributed by atoms with Crippen molar-refractivity contribution in [3.05, 3.63) is 77.4 Å². The molecule has 0 aromatic heterocycles. The van der Waals surface area contributed by atoms with Crippen LogP contribution in [0.4, 0.5) is 0 Å². The van der Waals surface area contributed by atoms with E-state index in [1.54, 1.807) is 0 Å². The largest absolute Gasteiger partial charge is 0.302 e. The predicted molar refractivity (Wildman–Crippen MR) is 91.5 cm³/mol. The van der Waals surface area contributed by atoms with Gasteiger partial charge in [-0.25, -0.2) is 0 Å². The number of fused-ring (bicyclic) bond motifs is 1. The predicted octanol–water partition coefficient (Wildman–Crippen LogP) is 4.57. The van der Waals surface area contributed by atoms with Gasteiger partial charge in [-0.3, -0.25) is 0 Å². The average molecular weight is 288 g/mol. The van der Waals surface area contributed by atoms with Crippen molar-refractivity contribution in [3.8, 4) is 0 Å². The molecule has 1 aliphatic heterocycles. The molecule has 4 rings (SSSR count). The SMILES string of the molecule is C(=C1/CCC[C@H]2C1=NN[C@@H]2c1ccccc1)/c1ccccc1. The van der Waals surface area contributed by atoms with Crippen LogP contribution in [-0.2, 0) is 0 Å². The normalized spacial score (nSPS) is 25.5. The second-order valence-corrected chi connectivity index (χ2v) is 6.09. The van der Waals surface area contributed by atoms with E-state index in [9.17, 15) is 0 Å². The number of hydrogen-bond donors (Lipinski definition) is 1. The number of hydrogen-bond acceptors (Lipinski definition) is 2. The van der Waals surface area contributed by atoms with E-state index in [1.165, 1.54) is 35.3 Å². The van der Waals surface area contributed by atoms with Gasteiger partial charge in [0.15, 0.2) is 0 Å². The number of allylic oxidation sites excluding steroid dienone is 1. The second kappa shape index (κ2) is 5.80. The molecule has 22 heavy (non-hydrogen) atoms. The van der Waals surface area contributed by atoms with Crippen molar-refractivity contribution in [1.82, 2.24) is 5.43 Å². The summed E-state index contributed by atoms with van der Waals surface area (Å²) in [5.41, 5.74) is 8.65. The third-order valence-electron chi connectivity index (χ3n) is 4.67. The highest BCUT2D eigenvalue weighted by atomic mass is 15.3. The summed E-state index contributed by atoms with van der Waals surface area (Å²) in [7, 11) is 0. The van der Waals surface area contributed by atoms with E-state index >= 15 is 0 Å². The lowest BCUT2D eigenvalue weighted by molar-refractivity contribution is 0.451. The van der Waals surface area contributed by atoms with Crippen molar-refractivity contribution in [1.29, 1.82) is 0 Å². The summed E-state index contributed by atoms with van der Waals surface area (Å²) in [6, 6.07) is 21.6. The smallest absolute Gasteiger partial charge is 0.0773 e. The molecule has 1 N–H and O–H groups in total. The van der Waals surface area contributed by atoms with Crippen molar-refractivity contribution >= 4 is 11.8 Å². The minimum atomic E-state index is 0.329. The summed E-state index contributed by atoms with van der Waals surface area (Å²) in [5.74, 6) is 0.506. The molecule has 2 aromatic carbocycles. The molecular formula is C20H20N2. The van der Waals surface area contributed by atoms with Crippen LogP contribution in [0, 0.1) is 5.92 Å². The van der Waals surface area contributed by atoms with Crippen LogP contribution in [0.1, 0.15) is 36.4 Å². The number of nitrogens with one attached hydrogen (secondary N) is 1. The zero-order chi connectivity index (χ0) is 14.8. The van der Waals surface area contributed by atoms with E-state index in [1.807, 2.05) is 0 Å². The Morgan fingerprint density at radius 2 is 1.68 bits per heavy atom. The van der Waals surface area contributed by atoms with E-state index in [0.717, 1.165) is 6.42 Å². The maximum absolute atomic E-state index is 4.69. The molecular weight excluding hydrogens is 268 g/mol. The summed E-state index contributed by atoms with van der Waals surface area (Å²) in [6.07, 6.45) is 5.90. The number of rotatable bonds is 2. The monoisotopic (exact) mass is 288 g/mol. The molecule has 0 radical (unpaired) electrons. The second-order valence-electron chi connectivity index (χ2n) is 6.09. The van der Waals surface area contributed by atoms with Crippen molar-refractivity contribution in [2.75, 3.05) is 0 Å². The minimum Gasteiger partial charge on any atom is -0.302 e. The van der Waals surface area contributed by atoms with Gasteiger partial charge in [0, 0.05) is 5.92 Å². The molecule has 0 spiro atoms. The first-order chi connectivity index (χ1) is 10.9. The highest BCUT2D eigenvalue weighted by molar-refractivity contribution is 6.07. The first-order valence-electron chi connectivity index (χ1n) is 8.06. The van der Waals surface area contributed by atoms with Crippen LogP contribution in [0.5, 0.6) is 0 Å².